The van der Waals surface area contributed by atoms with Crippen LogP contribution >= 0.6 is 11.6 Å². The summed E-state index contributed by atoms with van der Waals surface area (Å²) in [6.07, 6.45) is 0. The second kappa shape index (κ2) is 5.49. The zero-order valence-corrected chi connectivity index (χ0v) is 11.5. The zero-order chi connectivity index (χ0) is 14.8. The van der Waals surface area contributed by atoms with Crippen molar-refractivity contribution < 1.29 is 19.1 Å². The van der Waals surface area contributed by atoms with Gasteiger partial charge in [0.2, 0.25) is 6.79 Å². The molecule has 6 nitrogen and oxygen atoms in total. The second-order valence-corrected chi connectivity index (χ2v) is 4.73. The van der Waals surface area contributed by atoms with Crippen molar-refractivity contribution in [3.05, 3.63) is 57.1 Å². The minimum absolute atomic E-state index is 0.0793. The lowest BCUT2D eigenvalue weighted by molar-refractivity contribution is -0.385. The molecule has 1 aliphatic heterocycles. The van der Waals surface area contributed by atoms with E-state index in [4.69, 9.17) is 25.8 Å². The van der Waals surface area contributed by atoms with E-state index < -0.39 is 4.92 Å². The third kappa shape index (κ3) is 2.71. The minimum atomic E-state index is -0.484. The van der Waals surface area contributed by atoms with E-state index in [9.17, 15) is 10.1 Å². The molecular weight excluding hydrogens is 298 g/mol. The fourth-order valence-electron chi connectivity index (χ4n) is 2.00. The van der Waals surface area contributed by atoms with E-state index in [-0.39, 0.29) is 24.8 Å². The van der Waals surface area contributed by atoms with Gasteiger partial charge in [0.25, 0.3) is 0 Å². The van der Waals surface area contributed by atoms with E-state index in [0.29, 0.717) is 16.5 Å². The number of fused-ring (bicyclic) bond motifs is 1. The molecule has 0 aliphatic carbocycles. The van der Waals surface area contributed by atoms with Gasteiger partial charge in [0.05, 0.1) is 9.95 Å². The summed E-state index contributed by atoms with van der Waals surface area (Å²) in [5.41, 5.74) is 0.659. The van der Waals surface area contributed by atoms with Gasteiger partial charge >= 0.3 is 5.69 Å². The molecule has 0 amide bonds. The Morgan fingerprint density at radius 2 is 2.10 bits per heavy atom. The molecular formula is C14H10ClNO5. The average molecular weight is 308 g/mol. The summed E-state index contributed by atoms with van der Waals surface area (Å²) in [7, 11) is 0. The maximum Gasteiger partial charge on any atom is 0.310 e. The molecule has 3 rings (SSSR count). The first-order chi connectivity index (χ1) is 10.1. The van der Waals surface area contributed by atoms with Crippen LogP contribution in [0.25, 0.3) is 0 Å². The van der Waals surface area contributed by atoms with E-state index in [1.807, 2.05) is 0 Å². The Kier molecular flexibility index (Phi) is 3.53. The van der Waals surface area contributed by atoms with Gasteiger partial charge in [0, 0.05) is 6.07 Å². The van der Waals surface area contributed by atoms with E-state index in [1.54, 1.807) is 30.3 Å². The van der Waals surface area contributed by atoms with Crippen molar-refractivity contribution in [1.82, 2.24) is 0 Å². The van der Waals surface area contributed by atoms with Crippen LogP contribution in [0.15, 0.2) is 36.4 Å². The topological polar surface area (TPSA) is 70.8 Å². The lowest BCUT2D eigenvalue weighted by atomic mass is 10.2. The van der Waals surface area contributed by atoms with E-state index in [0.717, 1.165) is 5.56 Å². The summed E-state index contributed by atoms with van der Waals surface area (Å²) < 4.78 is 16.0. The number of para-hydroxylation sites is 2. The molecule has 0 aromatic heterocycles. The summed E-state index contributed by atoms with van der Waals surface area (Å²) in [6.45, 7) is 0.269. The molecule has 21 heavy (non-hydrogen) atoms. The SMILES string of the molecule is O=[N+]([O-])c1ccccc1OCc1cc(Cl)c2c(c1)OCO2. The highest BCUT2D eigenvalue weighted by Crippen LogP contribution is 2.40. The third-order valence-electron chi connectivity index (χ3n) is 2.94. The summed E-state index contributed by atoms with van der Waals surface area (Å²) >= 11 is 6.07. The van der Waals surface area contributed by atoms with Crippen LogP contribution < -0.4 is 14.2 Å². The molecule has 0 saturated heterocycles. The second-order valence-electron chi connectivity index (χ2n) is 4.32. The molecule has 0 N–H and O–H groups in total. The predicted octanol–water partition coefficient (Wildman–Crippen LogP) is 3.56. The van der Waals surface area contributed by atoms with Crippen LogP contribution in [0.5, 0.6) is 17.2 Å². The molecule has 0 radical (unpaired) electrons. The van der Waals surface area contributed by atoms with Crippen LogP contribution in [-0.4, -0.2) is 11.7 Å². The van der Waals surface area contributed by atoms with Gasteiger partial charge in [-0.1, -0.05) is 23.7 Å². The monoisotopic (exact) mass is 307 g/mol. The molecule has 0 unspecified atom stereocenters. The molecule has 0 fully saturated rings. The van der Waals surface area contributed by atoms with Gasteiger partial charge in [0.1, 0.15) is 6.61 Å². The Bertz CT molecular complexity index is 704. The van der Waals surface area contributed by atoms with Crippen molar-refractivity contribution in [1.29, 1.82) is 0 Å². The number of nitro benzene ring substituents is 1. The van der Waals surface area contributed by atoms with Crippen molar-refractivity contribution in [3.63, 3.8) is 0 Å². The predicted molar refractivity (Wildman–Crippen MR) is 75.0 cm³/mol. The van der Waals surface area contributed by atoms with Gasteiger partial charge in [-0.25, -0.2) is 0 Å². The number of halogens is 1. The van der Waals surface area contributed by atoms with E-state index >= 15 is 0 Å². The van der Waals surface area contributed by atoms with Gasteiger partial charge < -0.3 is 14.2 Å². The zero-order valence-electron chi connectivity index (χ0n) is 10.7. The number of ether oxygens (including phenoxy) is 3. The highest BCUT2D eigenvalue weighted by Gasteiger charge is 2.19. The van der Waals surface area contributed by atoms with Crippen LogP contribution in [0.4, 0.5) is 5.69 Å². The first-order valence-corrected chi connectivity index (χ1v) is 6.47. The standard InChI is InChI=1S/C14H10ClNO5/c15-10-5-9(6-13-14(10)21-8-20-13)7-19-12-4-2-1-3-11(12)16(17)18/h1-6H,7-8H2. The Labute approximate surface area is 125 Å². The number of rotatable bonds is 4. The lowest BCUT2D eigenvalue weighted by Crippen LogP contribution is -1.99. The van der Waals surface area contributed by atoms with Crippen molar-refractivity contribution in [2.75, 3.05) is 6.79 Å². The molecule has 2 aromatic carbocycles. The van der Waals surface area contributed by atoms with Crippen LogP contribution in [-0.2, 0) is 6.61 Å². The van der Waals surface area contributed by atoms with Crippen molar-refractivity contribution in [2.45, 2.75) is 6.61 Å². The first kappa shape index (κ1) is 13.5. The Morgan fingerprint density at radius 3 is 2.90 bits per heavy atom. The first-order valence-electron chi connectivity index (χ1n) is 6.09. The van der Waals surface area contributed by atoms with Crippen molar-refractivity contribution >= 4 is 17.3 Å². The molecule has 0 bridgehead atoms. The largest absolute Gasteiger partial charge is 0.482 e. The van der Waals surface area contributed by atoms with Gasteiger partial charge in [-0.15, -0.1) is 0 Å². The van der Waals surface area contributed by atoms with Crippen molar-refractivity contribution in [3.8, 4) is 17.2 Å². The number of nitro groups is 1. The molecule has 7 heteroatoms. The number of benzene rings is 2. The van der Waals surface area contributed by atoms with Crippen LogP contribution in [0.2, 0.25) is 5.02 Å². The summed E-state index contributed by atoms with van der Waals surface area (Å²) in [6, 6.07) is 9.62. The highest BCUT2D eigenvalue weighted by atomic mass is 35.5. The Balaban J connectivity index is 1.80. The normalized spacial score (nSPS) is 12.2. The minimum Gasteiger partial charge on any atom is -0.482 e. The van der Waals surface area contributed by atoms with Crippen molar-refractivity contribution in [2.24, 2.45) is 0 Å². The quantitative estimate of drug-likeness (QED) is 0.638. The summed E-state index contributed by atoms with van der Waals surface area (Å²) in [4.78, 5) is 10.4. The van der Waals surface area contributed by atoms with Gasteiger partial charge in [-0.2, -0.15) is 0 Å². The molecule has 1 heterocycles. The molecule has 1 aliphatic rings. The summed E-state index contributed by atoms with van der Waals surface area (Å²) in [5, 5.41) is 11.3. The fourth-order valence-corrected chi connectivity index (χ4v) is 2.28. The molecule has 0 atom stereocenters. The molecule has 108 valence electrons. The fraction of sp³-hybridized carbons (Fsp3) is 0.143. The van der Waals surface area contributed by atoms with Gasteiger partial charge in [0.15, 0.2) is 17.2 Å². The Hall–Kier alpha value is -2.47. The third-order valence-corrected chi connectivity index (χ3v) is 3.22. The van der Waals surface area contributed by atoms with E-state index in [2.05, 4.69) is 0 Å². The maximum absolute atomic E-state index is 10.9. The number of nitrogens with zero attached hydrogens (tertiary/aromatic N) is 1. The number of hydrogen-bond donors (Lipinski definition) is 0. The highest BCUT2D eigenvalue weighted by molar-refractivity contribution is 6.32. The lowest BCUT2D eigenvalue weighted by Gasteiger charge is -2.08. The Morgan fingerprint density at radius 1 is 1.29 bits per heavy atom. The molecule has 0 saturated carbocycles. The average Bonchev–Trinajstić information content (AvgIpc) is 2.94. The van der Waals surface area contributed by atoms with E-state index in [1.165, 1.54) is 6.07 Å². The smallest absolute Gasteiger partial charge is 0.310 e. The van der Waals surface area contributed by atoms with Crippen LogP contribution in [0.1, 0.15) is 5.56 Å². The number of hydrogen-bond acceptors (Lipinski definition) is 5. The van der Waals surface area contributed by atoms with Crippen LogP contribution in [0, 0.1) is 10.1 Å². The molecule has 2 aromatic rings. The van der Waals surface area contributed by atoms with Crippen LogP contribution in [0.3, 0.4) is 0 Å². The van der Waals surface area contributed by atoms with Gasteiger partial charge in [-0.3, -0.25) is 10.1 Å². The van der Waals surface area contributed by atoms with Gasteiger partial charge in [-0.05, 0) is 23.8 Å². The molecule has 0 spiro atoms. The summed E-state index contributed by atoms with van der Waals surface area (Å²) in [5.74, 6) is 1.26. The maximum atomic E-state index is 10.9.